The lowest BCUT2D eigenvalue weighted by Crippen LogP contribution is -1.96. The molecule has 0 bridgehead atoms. The molecule has 0 saturated heterocycles. The summed E-state index contributed by atoms with van der Waals surface area (Å²) in [5, 5.41) is 0. The first kappa shape index (κ1) is 8.97. The summed E-state index contributed by atoms with van der Waals surface area (Å²) in [7, 11) is 0. The number of benzene rings is 1. The molecule has 12 heavy (non-hydrogen) atoms. The molecule has 3 heteroatoms. The van der Waals surface area contributed by atoms with Crippen LogP contribution in [-0.4, -0.2) is 6.61 Å². The molecule has 66 valence electrons. The summed E-state index contributed by atoms with van der Waals surface area (Å²) in [4.78, 5) is 0. The molecule has 0 unspecified atom stereocenters. The number of halogens is 2. The molecule has 0 spiro atoms. The predicted octanol–water partition coefficient (Wildman–Crippen LogP) is 3.02. The van der Waals surface area contributed by atoms with E-state index < -0.39 is 6.43 Å². The van der Waals surface area contributed by atoms with E-state index in [9.17, 15) is 8.78 Å². The molecular formula is C9H10F2O. The van der Waals surface area contributed by atoms with E-state index in [-0.39, 0.29) is 11.3 Å². The SMILES string of the molecule is CCOc1ccccc1C(F)F. The van der Waals surface area contributed by atoms with E-state index in [1.165, 1.54) is 6.07 Å². The number of para-hydroxylation sites is 1. The van der Waals surface area contributed by atoms with Crippen molar-refractivity contribution in [1.82, 2.24) is 0 Å². The van der Waals surface area contributed by atoms with Crippen molar-refractivity contribution in [3.63, 3.8) is 0 Å². The highest BCUT2D eigenvalue weighted by molar-refractivity contribution is 5.34. The van der Waals surface area contributed by atoms with E-state index in [2.05, 4.69) is 0 Å². The van der Waals surface area contributed by atoms with Crippen LogP contribution in [0.1, 0.15) is 18.9 Å². The van der Waals surface area contributed by atoms with Crippen LogP contribution in [0.3, 0.4) is 0 Å². The van der Waals surface area contributed by atoms with Crippen molar-refractivity contribution in [3.05, 3.63) is 29.8 Å². The zero-order valence-electron chi connectivity index (χ0n) is 6.76. The van der Waals surface area contributed by atoms with Gasteiger partial charge in [0.05, 0.1) is 12.2 Å². The third-order valence-electron chi connectivity index (χ3n) is 1.45. The van der Waals surface area contributed by atoms with Gasteiger partial charge in [-0.2, -0.15) is 0 Å². The molecule has 1 nitrogen and oxygen atoms in total. The normalized spacial score (nSPS) is 10.3. The fourth-order valence-electron chi connectivity index (χ4n) is 0.948. The molecule has 0 heterocycles. The van der Waals surface area contributed by atoms with E-state index in [4.69, 9.17) is 4.74 Å². The van der Waals surface area contributed by atoms with Gasteiger partial charge in [-0.05, 0) is 19.1 Å². The largest absolute Gasteiger partial charge is 0.493 e. The Hall–Kier alpha value is -1.12. The first-order chi connectivity index (χ1) is 5.75. The van der Waals surface area contributed by atoms with Gasteiger partial charge in [0.15, 0.2) is 0 Å². The molecule has 0 amide bonds. The third kappa shape index (κ3) is 1.94. The van der Waals surface area contributed by atoms with Crippen LogP contribution in [0.2, 0.25) is 0 Å². The maximum Gasteiger partial charge on any atom is 0.267 e. The molecule has 1 rings (SSSR count). The molecule has 0 radical (unpaired) electrons. The fourth-order valence-corrected chi connectivity index (χ4v) is 0.948. The van der Waals surface area contributed by atoms with E-state index in [0.29, 0.717) is 6.61 Å². The lowest BCUT2D eigenvalue weighted by molar-refractivity contribution is 0.145. The van der Waals surface area contributed by atoms with Crippen LogP contribution in [0.5, 0.6) is 5.75 Å². The smallest absolute Gasteiger partial charge is 0.267 e. The van der Waals surface area contributed by atoms with Gasteiger partial charge in [0.1, 0.15) is 5.75 Å². The van der Waals surface area contributed by atoms with Gasteiger partial charge in [-0.1, -0.05) is 12.1 Å². The summed E-state index contributed by atoms with van der Waals surface area (Å²) in [6, 6.07) is 6.17. The minimum atomic E-state index is -2.47. The van der Waals surface area contributed by atoms with Crippen molar-refractivity contribution < 1.29 is 13.5 Å². The molecule has 0 N–H and O–H groups in total. The van der Waals surface area contributed by atoms with Gasteiger partial charge in [0.2, 0.25) is 0 Å². The summed E-state index contributed by atoms with van der Waals surface area (Å²) >= 11 is 0. The number of hydrogen-bond donors (Lipinski definition) is 0. The molecule has 1 aromatic carbocycles. The highest BCUT2D eigenvalue weighted by Gasteiger charge is 2.11. The van der Waals surface area contributed by atoms with Crippen molar-refractivity contribution in [2.24, 2.45) is 0 Å². The summed E-state index contributed by atoms with van der Waals surface area (Å²) < 4.78 is 29.6. The summed E-state index contributed by atoms with van der Waals surface area (Å²) in [5.74, 6) is 0.273. The second-order valence-electron chi connectivity index (χ2n) is 2.27. The van der Waals surface area contributed by atoms with Crippen LogP contribution in [-0.2, 0) is 0 Å². The van der Waals surface area contributed by atoms with Gasteiger partial charge in [0.25, 0.3) is 6.43 Å². The average Bonchev–Trinajstić information content (AvgIpc) is 2.05. The summed E-state index contributed by atoms with van der Waals surface area (Å²) in [5.41, 5.74) is -0.0423. The quantitative estimate of drug-likeness (QED) is 0.680. The molecular weight excluding hydrogens is 162 g/mol. The van der Waals surface area contributed by atoms with Crippen molar-refractivity contribution in [3.8, 4) is 5.75 Å². The Bertz CT molecular complexity index is 248. The Kier molecular flexibility index (Phi) is 3.02. The zero-order valence-corrected chi connectivity index (χ0v) is 6.76. The molecule has 0 aromatic heterocycles. The van der Waals surface area contributed by atoms with Crippen LogP contribution >= 0.6 is 0 Å². The number of hydrogen-bond acceptors (Lipinski definition) is 1. The first-order valence-corrected chi connectivity index (χ1v) is 3.75. The van der Waals surface area contributed by atoms with Crippen LogP contribution in [0, 0.1) is 0 Å². The van der Waals surface area contributed by atoms with Crippen molar-refractivity contribution in [2.45, 2.75) is 13.3 Å². The third-order valence-corrected chi connectivity index (χ3v) is 1.45. The van der Waals surface area contributed by atoms with Gasteiger partial charge in [-0.15, -0.1) is 0 Å². The van der Waals surface area contributed by atoms with Gasteiger partial charge < -0.3 is 4.74 Å². The standard InChI is InChI=1S/C9H10F2O/c1-2-12-8-6-4-3-5-7(8)9(10)11/h3-6,9H,2H2,1H3. The Balaban J connectivity index is 2.92. The molecule has 0 aliphatic carbocycles. The minimum absolute atomic E-state index is 0.0423. The van der Waals surface area contributed by atoms with Gasteiger partial charge in [-0.3, -0.25) is 0 Å². The average molecular weight is 172 g/mol. The van der Waals surface area contributed by atoms with Gasteiger partial charge >= 0.3 is 0 Å². The minimum Gasteiger partial charge on any atom is -0.493 e. The molecule has 0 fully saturated rings. The highest BCUT2D eigenvalue weighted by Crippen LogP contribution is 2.28. The van der Waals surface area contributed by atoms with E-state index >= 15 is 0 Å². The summed E-state index contributed by atoms with van der Waals surface area (Å²) in [6.07, 6.45) is -2.47. The lowest BCUT2D eigenvalue weighted by Gasteiger charge is -2.07. The van der Waals surface area contributed by atoms with Gasteiger partial charge in [0, 0.05) is 0 Å². The van der Waals surface area contributed by atoms with Crippen molar-refractivity contribution in [2.75, 3.05) is 6.61 Å². The van der Waals surface area contributed by atoms with Gasteiger partial charge in [-0.25, -0.2) is 8.78 Å². The maximum absolute atomic E-state index is 12.3. The Morgan fingerprint density at radius 1 is 1.33 bits per heavy atom. The van der Waals surface area contributed by atoms with Crippen LogP contribution in [0.4, 0.5) is 8.78 Å². The van der Waals surface area contributed by atoms with Crippen LogP contribution in [0.15, 0.2) is 24.3 Å². The van der Waals surface area contributed by atoms with E-state index in [1.807, 2.05) is 0 Å². The molecule has 0 aliphatic heterocycles. The first-order valence-electron chi connectivity index (χ1n) is 3.75. The Labute approximate surface area is 70.0 Å². The predicted molar refractivity (Wildman–Crippen MR) is 42.6 cm³/mol. The van der Waals surface area contributed by atoms with Crippen LogP contribution in [0.25, 0.3) is 0 Å². The molecule has 0 saturated carbocycles. The lowest BCUT2D eigenvalue weighted by atomic mass is 10.2. The number of alkyl halides is 2. The maximum atomic E-state index is 12.3. The number of rotatable bonds is 3. The zero-order chi connectivity index (χ0) is 8.97. The topological polar surface area (TPSA) is 9.23 Å². The Morgan fingerprint density at radius 3 is 2.58 bits per heavy atom. The second kappa shape index (κ2) is 4.04. The van der Waals surface area contributed by atoms with Crippen molar-refractivity contribution >= 4 is 0 Å². The van der Waals surface area contributed by atoms with E-state index in [0.717, 1.165) is 0 Å². The second-order valence-corrected chi connectivity index (χ2v) is 2.27. The molecule has 1 aromatic rings. The van der Waals surface area contributed by atoms with E-state index in [1.54, 1.807) is 25.1 Å². The summed E-state index contributed by atoms with van der Waals surface area (Å²) in [6.45, 7) is 2.17. The molecule has 0 aliphatic rings. The monoisotopic (exact) mass is 172 g/mol. The molecule has 0 atom stereocenters. The highest BCUT2D eigenvalue weighted by atomic mass is 19.3. The Morgan fingerprint density at radius 2 is 2.00 bits per heavy atom. The van der Waals surface area contributed by atoms with Crippen molar-refractivity contribution in [1.29, 1.82) is 0 Å². The fraction of sp³-hybridized carbons (Fsp3) is 0.333. The van der Waals surface area contributed by atoms with Crippen LogP contribution < -0.4 is 4.74 Å². The number of ether oxygens (including phenoxy) is 1.